The molecule has 3 aromatic heterocycles. The van der Waals surface area contributed by atoms with Gasteiger partial charge in [-0.05, 0) is 50.5 Å². The third-order valence-corrected chi connectivity index (χ3v) is 4.47. The third-order valence-electron chi connectivity index (χ3n) is 4.47. The molecule has 0 aliphatic carbocycles. The summed E-state index contributed by atoms with van der Waals surface area (Å²) in [6.07, 6.45) is 5.19. The van der Waals surface area contributed by atoms with Gasteiger partial charge in [-0.1, -0.05) is 13.8 Å². The number of hydrogen-bond acceptors (Lipinski definition) is 4. The molecule has 0 spiro atoms. The second-order valence-corrected chi connectivity index (χ2v) is 7.15. The summed E-state index contributed by atoms with van der Waals surface area (Å²) in [5.41, 5.74) is 3.28. The maximum atomic E-state index is 13.0. The largest absolute Gasteiger partial charge is 0.345 e. The van der Waals surface area contributed by atoms with Crippen LogP contribution in [0.2, 0.25) is 0 Å². The fraction of sp³-hybridized carbons (Fsp3) is 0.400. The van der Waals surface area contributed by atoms with Gasteiger partial charge in [0.15, 0.2) is 5.65 Å². The maximum Gasteiger partial charge on any atom is 0.252 e. The van der Waals surface area contributed by atoms with Crippen molar-refractivity contribution < 1.29 is 4.79 Å². The molecule has 136 valence electrons. The molecule has 26 heavy (non-hydrogen) atoms. The highest BCUT2D eigenvalue weighted by Crippen LogP contribution is 2.25. The van der Waals surface area contributed by atoms with E-state index in [-0.39, 0.29) is 23.9 Å². The smallest absolute Gasteiger partial charge is 0.252 e. The molecule has 0 aromatic carbocycles. The van der Waals surface area contributed by atoms with Crippen LogP contribution in [0.25, 0.3) is 11.0 Å². The minimum absolute atomic E-state index is 0.114. The quantitative estimate of drug-likeness (QED) is 0.753. The van der Waals surface area contributed by atoms with E-state index in [4.69, 9.17) is 4.98 Å². The third kappa shape index (κ3) is 3.45. The molecule has 1 amide bonds. The normalized spacial score (nSPS) is 12.7. The molecule has 6 nitrogen and oxygen atoms in total. The fourth-order valence-corrected chi connectivity index (χ4v) is 2.91. The molecule has 0 aliphatic heterocycles. The number of fused-ring (bicyclic) bond motifs is 1. The Kier molecular flexibility index (Phi) is 5.02. The zero-order valence-corrected chi connectivity index (χ0v) is 15.9. The molecule has 1 atom stereocenters. The van der Waals surface area contributed by atoms with Crippen LogP contribution in [-0.2, 0) is 0 Å². The molecule has 3 heterocycles. The van der Waals surface area contributed by atoms with E-state index < -0.39 is 0 Å². The predicted octanol–water partition coefficient (Wildman–Crippen LogP) is 4.02. The number of amides is 1. The monoisotopic (exact) mass is 351 g/mol. The minimum Gasteiger partial charge on any atom is -0.345 e. The van der Waals surface area contributed by atoms with Gasteiger partial charge in [0.2, 0.25) is 0 Å². The van der Waals surface area contributed by atoms with Crippen LogP contribution in [0.3, 0.4) is 0 Å². The summed E-state index contributed by atoms with van der Waals surface area (Å²) in [6, 6.07) is 5.76. The van der Waals surface area contributed by atoms with E-state index in [1.165, 1.54) is 0 Å². The molecule has 3 rings (SSSR count). The van der Waals surface area contributed by atoms with Crippen LogP contribution in [0.4, 0.5) is 0 Å². The van der Waals surface area contributed by atoms with Crippen LogP contribution in [-0.4, -0.2) is 25.7 Å². The molecule has 1 N–H and O–H groups in total. The number of pyridine rings is 2. The molecule has 1 unspecified atom stereocenters. The lowest BCUT2D eigenvalue weighted by atomic mass is 10.0. The van der Waals surface area contributed by atoms with Gasteiger partial charge in [-0.25, -0.2) is 9.67 Å². The maximum absolute atomic E-state index is 13.0. The SMILES string of the molecule is CC(C)c1cc(C(=O)NC(C)c2ccncc2)c2cnn(C(C)C)c2n1. The van der Waals surface area contributed by atoms with Crippen LogP contribution in [0.5, 0.6) is 0 Å². The number of rotatable bonds is 5. The summed E-state index contributed by atoms with van der Waals surface area (Å²) in [5.74, 6) is 0.103. The molecular weight excluding hydrogens is 326 g/mol. The highest BCUT2D eigenvalue weighted by Gasteiger charge is 2.20. The summed E-state index contributed by atoms with van der Waals surface area (Å²) < 4.78 is 1.87. The Hall–Kier alpha value is -2.76. The highest BCUT2D eigenvalue weighted by atomic mass is 16.1. The second kappa shape index (κ2) is 7.23. The number of carbonyl (C=O) groups excluding carboxylic acids is 1. The van der Waals surface area contributed by atoms with Crippen LogP contribution in [0, 0.1) is 0 Å². The number of hydrogen-bond donors (Lipinski definition) is 1. The van der Waals surface area contributed by atoms with Gasteiger partial charge in [0, 0.05) is 24.1 Å². The number of aromatic nitrogens is 4. The van der Waals surface area contributed by atoms with E-state index in [1.807, 2.05) is 29.8 Å². The Bertz CT molecular complexity index is 915. The van der Waals surface area contributed by atoms with Crippen molar-refractivity contribution in [1.29, 1.82) is 0 Å². The summed E-state index contributed by atoms with van der Waals surface area (Å²) in [6.45, 7) is 10.2. The first-order chi connectivity index (χ1) is 12.4. The predicted molar refractivity (Wildman–Crippen MR) is 102 cm³/mol. The van der Waals surface area contributed by atoms with Gasteiger partial charge in [0.25, 0.3) is 5.91 Å². The lowest BCUT2D eigenvalue weighted by Gasteiger charge is -2.16. The Morgan fingerprint density at radius 3 is 2.42 bits per heavy atom. The summed E-state index contributed by atoms with van der Waals surface area (Å²) in [7, 11) is 0. The van der Waals surface area contributed by atoms with Crippen LogP contribution in [0.15, 0.2) is 36.8 Å². The minimum atomic E-state index is -0.119. The van der Waals surface area contributed by atoms with Crippen molar-refractivity contribution in [2.24, 2.45) is 0 Å². The Labute approximate surface area is 153 Å². The molecule has 0 fully saturated rings. The number of nitrogens with zero attached hydrogens (tertiary/aromatic N) is 4. The number of nitrogens with one attached hydrogen (secondary N) is 1. The molecule has 0 radical (unpaired) electrons. The first-order valence-electron chi connectivity index (χ1n) is 8.97. The summed E-state index contributed by atoms with van der Waals surface area (Å²) in [4.78, 5) is 21.8. The van der Waals surface area contributed by atoms with Gasteiger partial charge < -0.3 is 5.32 Å². The van der Waals surface area contributed by atoms with Gasteiger partial charge in [-0.2, -0.15) is 5.10 Å². The van der Waals surface area contributed by atoms with E-state index in [0.717, 1.165) is 22.3 Å². The van der Waals surface area contributed by atoms with Crippen molar-refractivity contribution in [3.8, 4) is 0 Å². The fourth-order valence-electron chi connectivity index (χ4n) is 2.91. The lowest BCUT2D eigenvalue weighted by Crippen LogP contribution is -2.27. The Balaban J connectivity index is 2.01. The van der Waals surface area contributed by atoms with E-state index in [9.17, 15) is 4.79 Å². The van der Waals surface area contributed by atoms with E-state index in [1.54, 1.807) is 18.6 Å². The average molecular weight is 351 g/mol. The van der Waals surface area contributed by atoms with Crippen molar-refractivity contribution in [3.63, 3.8) is 0 Å². The molecule has 0 aliphatic rings. The van der Waals surface area contributed by atoms with E-state index in [0.29, 0.717) is 5.56 Å². The van der Waals surface area contributed by atoms with Crippen molar-refractivity contribution >= 4 is 16.9 Å². The molecule has 0 saturated carbocycles. The second-order valence-electron chi connectivity index (χ2n) is 7.15. The summed E-state index contributed by atoms with van der Waals surface area (Å²) in [5, 5.41) is 8.30. The van der Waals surface area contributed by atoms with Gasteiger partial charge in [-0.3, -0.25) is 9.78 Å². The van der Waals surface area contributed by atoms with Crippen LogP contribution >= 0.6 is 0 Å². The molecule has 0 saturated heterocycles. The Morgan fingerprint density at radius 2 is 1.81 bits per heavy atom. The van der Waals surface area contributed by atoms with Crippen molar-refractivity contribution in [3.05, 3.63) is 53.6 Å². The van der Waals surface area contributed by atoms with Crippen molar-refractivity contribution in [2.45, 2.75) is 52.6 Å². The van der Waals surface area contributed by atoms with E-state index in [2.05, 4.69) is 43.1 Å². The first kappa shape index (κ1) is 18.0. The highest BCUT2D eigenvalue weighted by molar-refractivity contribution is 6.05. The molecule has 3 aromatic rings. The van der Waals surface area contributed by atoms with Gasteiger partial charge in [0.1, 0.15) is 0 Å². The van der Waals surface area contributed by atoms with Crippen LogP contribution < -0.4 is 5.32 Å². The number of carbonyl (C=O) groups is 1. The zero-order chi connectivity index (χ0) is 18.8. The van der Waals surface area contributed by atoms with Crippen molar-refractivity contribution in [1.82, 2.24) is 25.1 Å². The average Bonchev–Trinajstić information content (AvgIpc) is 3.05. The summed E-state index contributed by atoms with van der Waals surface area (Å²) >= 11 is 0. The van der Waals surface area contributed by atoms with Gasteiger partial charge in [-0.15, -0.1) is 0 Å². The van der Waals surface area contributed by atoms with Crippen LogP contribution in [0.1, 0.15) is 74.2 Å². The molecule has 6 heteroatoms. The van der Waals surface area contributed by atoms with Gasteiger partial charge >= 0.3 is 0 Å². The molecule has 0 bridgehead atoms. The lowest BCUT2D eigenvalue weighted by molar-refractivity contribution is 0.0941. The molecular formula is C20H25N5O. The first-order valence-corrected chi connectivity index (χ1v) is 8.97. The Morgan fingerprint density at radius 1 is 1.12 bits per heavy atom. The van der Waals surface area contributed by atoms with Crippen molar-refractivity contribution in [2.75, 3.05) is 0 Å². The van der Waals surface area contributed by atoms with E-state index >= 15 is 0 Å². The zero-order valence-electron chi connectivity index (χ0n) is 15.9. The van der Waals surface area contributed by atoms with Gasteiger partial charge in [0.05, 0.1) is 23.2 Å². The standard InChI is InChI=1S/C20H25N5O/c1-12(2)18-10-16(17-11-22-25(13(3)4)19(17)24-18)20(26)23-14(5)15-6-8-21-9-7-15/h6-14H,1-5H3,(H,23,26). The topological polar surface area (TPSA) is 72.7 Å².